The summed E-state index contributed by atoms with van der Waals surface area (Å²) >= 11 is 0. The maximum atomic E-state index is 13.4. The molecule has 3 nitrogen and oxygen atoms in total. The minimum absolute atomic E-state index is 0.209. The fourth-order valence-corrected chi connectivity index (χ4v) is 3.01. The fraction of sp³-hybridized carbons (Fsp3) is 0.647. The predicted molar refractivity (Wildman–Crippen MR) is 81.6 cm³/mol. The zero-order valence-electron chi connectivity index (χ0n) is 12.8. The van der Waals surface area contributed by atoms with Gasteiger partial charge in [-0.25, -0.2) is 4.39 Å². The van der Waals surface area contributed by atoms with Gasteiger partial charge < -0.3 is 9.84 Å². The molecule has 1 heterocycles. The molecule has 0 radical (unpaired) electrons. The molecular formula is C17H26FNO2. The Morgan fingerprint density at radius 1 is 1.38 bits per heavy atom. The van der Waals surface area contributed by atoms with Gasteiger partial charge in [0, 0.05) is 18.2 Å². The third kappa shape index (κ3) is 5.06. The second-order valence-corrected chi connectivity index (χ2v) is 5.81. The first-order valence-electron chi connectivity index (χ1n) is 7.94. The van der Waals surface area contributed by atoms with Gasteiger partial charge in [0.05, 0.1) is 19.3 Å². The fourth-order valence-electron chi connectivity index (χ4n) is 3.01. The van der Waals surface area contributed by atoms with E-state index in [0.717, 1.165) is 13.0 Å². The lowest BCUT2D eigenvalue weighted by Gasteiger charge is -2.36. The van der Waals surface area contributed by atoms with E-state index in [1.807, 2.05) is 0 Å². The number of hydrogen-bond acceptors (Lipinski definition) is 3. The lowest BCUT2D eigenvalue weighted by atomic mass is 10.00. The van der Waals surface area contributed by atoms with Crippen LogP contribution in [0.15, 0.2) is 24.3 Å². The van der Waals surface area contributed by atoms with Crippen LogP contribution in [0.2, 0.25) is 0 Å². The van der Waals surface area contributed by atoms with Crippen molar-refractivity contribution in [1.82, 2.24) is 4.90 Å². The van der Waals surface area contributed by atoms with E-state index in [0.29, 0.717) is 18.2 Å². The molecule has 0 bridgehead atoms. The molecule has 4 heteroatoms. The van der Waals surface area contributed by atoms with Crippen molar-refractivity contribution >= 4 is 0 Å². The summed E-state index contributed by atoms with van der Waals surface area (Å²) in [4.78, 5) is 2.36. The summed E-state index contributed by atoms with van der Waals surface area (Å²) in [6.45, 7) is 4.37. The molecule has 1 N–H and O–H groups in total. The van der Waals surface area contributed by atoms with Gasteiger partial charge in [-0.15, -0.1) is 0 Å². The lowest BCUT2D eigenvalue weighted by molar-refractivity contribution is -0.00435. The highest BCUT2D eigenvalue weighted by atomic mass is 19.1. The summed E-state index contributed by atoms with van der Waals surface area (Å²) in [5.74, 6) is -0.255. The summed E-state index contributed by atoms with van der Waals surface area (Å²) in [6.07, 6.45) is 4.33. The Labute approximate surface area is 126 Å². The normalized spacial score (nSPS) is 21.4. The Morgan fingerprint density at radius 2 is 2.19 bits per heavy atom. The Bertz CT molecular complexity index is 427. The van der Waals surface area contributed by atoms with Gasteiger partial charge in [0.25, 0.3) is 0 Å². The van der Waals surface area contributed by atoms with E-state index >= 15 is 0 Å². The number of benzene rings is 1. The Kier molecular flexibility index (Phi) is 6.61. The van der Waals surface area contributed by atoms with Crippen LogP contribution in [-0.2, 0) is 11.3 Å². The molecule has 1 saturated heterocycles. The zero-order chi connectivity index (χ0) is 15.1. The van der Waals surface area contributed by atoms with Gasteiger partial charge in [0.2, 0.25) is 0 Å². The van der Waals surface area contributed by atoms with Crippen molar-refractivity contribution in [2.75, 3.05) is 19.7 Å². The van der Waals surface area contributed by atoms with Crippen LogP contribution in [0.5, 0.6) is 0 Å². The quantitative estimate of drug-likeness (QED) is 0.839. The molecule has 21 heavy (non-hydrogen) atoms. The molecule has 0 saturated carbocycles. The Morgan fingerprint density at radius 3 is 2.95 bits per heavy atom. The van der Waals surface area contributed by atoms with E-state index < -0.39 is 6.10 Å². The van der Waals surface area contributed by atoms with Crippen LogP contribution in [0.1, 0.15) is 38.2 Å². The molecule has 118 valence electrons. The van der Waals surface area contributed by atoms with Crippen molar-refractivity contribution in [3.8, 4) is 0 Å². The van der Waals surface area contributed by atoms with Gasteiger partial charge >= 0.3 is 0 Å². The average Bonchev–Trinajstić information content (AvgIpc) is 2.50. The van der Waals surface area contributed by atoms with Crippen LogP contribution in [0.25, 0.3) is 0 Å². The topological polar surface area (TPSA) is 32.7 Å². The summed E-state index contributed by atoms with van der Waals surface area (Å²) in [5, 5.41) is 10.1. The second kappa shape index (κ2) is 8.47. The van der Waals surface area contributed by atoms with Gasteiger partial charge in [0.15, 0.2) is 0 Å². The first kappa shape index (κ1) is 16.4. The first-order chi connectivity index (χ1) is 10.2. The van der Waals surface area contributed by atoms with Crippen LogP contribution in [0.3, 0.4) is 0 Å². The monoisotopic (exact) mass is 295 g/mol. The van der Waals surface area contributed by atoms with Gasteiger partial charge in [-0.1, -0.05) is 31.5 Å². The molecule has 0 aromatic heterocycles. The second-order valence-electron chi connectivity index (χ2n) is 5.81. The van der Waals surface area contributed by atoms with Gasteiger partial charge in [-0.2, -0.15) is 0 Å². The van der Waals surface area contributed by atoms with E-state index in [-0.39, 0.29) is 19.0 Å². The van der Waals surface area contributed by atoms with Gasteiger partial charge in [0.1, 0.15) is 5.82 Å². The highest BCUT2D eigenvalue weighted by Crippen LogP contribution is 2.19. The number of likely N-dealkylation sites (tertiary alicyclic amines) is 1. The van der Waals surface area contributed by atoms with E-state index in [1.54, 1.807) is 18.2 Å². The molecule has 0 amide bonds. The Hall–Kier alpha value is -0.970. The molecule has 2 atom stereocenters. The molecular weight excluding hydrogens is 269 g/mol. The minimum atomic E-state index is -0.510. The molecule has 1 aliphatic rings. The van der Waals surface area contributed by atoms with Crippen LogP contribution in [0, 0.1) is 5.82 Å². The third-order valence-electron chi connectivity index (χ3n) is 4.19. The van der Waals surface area contributed by atoms with Crippen molar-refractivity contribution in [1.29, 1.82) is 0 Å². The third-order valence-corrected chi connectivity index (χ3v) is 4.19. The van der Waals surface area contributed by atoms with Crippen molar-refractivity contribution in [2.24, 2.45) is 0 Å². The van der Waals surface area contributed by atoms with Gasteiger partial charge in [-0.3, -0.25) is 4.90 Å². The summed E-state index contributed by atoms with van der Waals surface area (Å²) in [7, 11) is 0. The summed E-state index contributed by atoms with van der Waals surface area (Å²) in [6, 6.07) is 7.17. The van der Waals surface area contributed by atoms with Crippen LogP contribution < -0.4 is 0 Å². The molecule has 2 unspecified atom stereocenters. The van der Waals surface area contributed by atoms with E-state index in [2.05, 4.69) is 11.8 Å². The summed E-state index contributed by atoms with van der Waals surface area (Å²) < 4.78 is 18.9. The van der Waals surface area contributed by atoms with Gasteiger partial charge in [-0.05, 0) is 31.9 Å². The van der Waals surface area contributed by atoms with Crippen LogP contribution in [-0.4, -0.2) is 41.8 Å². The number of aliphatic hydroxyl groups is 1. The maximum absolute atomic E-state index is 13.4. The van der Waals surface area contributed by atoms with Crippen LogP contribution in [0.4, 0.5) is 4.39 Å². The van der Waals surface area contributed by atoms with Crippen LogP contribution >= 0.6 is 0 Å². The van der Waals surface area contributed by atoms with E-state index in [1.165, 1.54) is 25.3 Å². The molecule has 0 spiro atoms. The minimum Gasteiger partial charge on any atom is -0.389 e. The number of ether oxygens (including phenoxy) is 1. The number of nitrogens with zero attached hydrogens (tertiary/aromatic N) is 1. The largest absolute Gasteiger partial charge is 0.389 e. The van der Waals surface area contributed by atoms with Crippen molar-refractivity contribution in [3.63, 3.8) is 0 Å². The molecule has 0 aliphatic carbocycles. The first-order valence-corrected chi connectivity index (χ1v) is 7.94. The molecule has 2 rings (SSSR count). The number of rotatable bonds is 7. The van der Waals surface area contributed by atoms with Crippen molar-refractivity contribution in [3.05, 3.63) is 35.6 Å². The van der Waals surface area contributed by atoms with E-state index in [4.69, 9.17) is 4.74 Å². The SMILES string of the molecule is CCC1CCCCN1CC(O)COCc1ccccc1F. The number of halogens is 1. The standard InChI is InChI=1S/C17H26FNO2/c1-2-15-8-5-6-10-19(15)11-16(20)13-21-12-14-7-3-4-9-17(14)18/h3-4,7,9,15-16,20H,2,5-6,8,10-13H2,1H3. The maximum Gasteiger partial charge on any atom is 0.128 e. The molecule has 1 aliphatic heterocycles. The van der Waals surface area contributed by atoms with Crippen molar-refractivity contribution < 1.29 is 14.2 Å². The number of piperidine rings is 1. The predicted octanol–water partition coefficient (Wildman–Crippen LogP) is 2.97. The summed E-state index contributed by atoms with van der Waals surface area (Å²) in [5.41, 5.74) is 0.536. The average molecular weight is 295 g/mol. The van der Waals surface area contributed by atoms with Crippen molar-refractivity contribution in [2.45, 2.75) is 51.4 Å². The highest BCUT2D eigenvalue weighted by Gasteiger charge is 2.22. The molecule has 1 aromatic rings. The smallest absolute Gasteiger partial charge is 0.128 e. The Balaban J connectivity index is 1.72. The zero-order valence-corrected chi connectivity index (χ0v) is 12.8. The number of β-amino-alcohol motifs (C(OH)–C–C–N with tert-alkyl or cyclic N) is 1. The van der Waals surface area contributed by atoms with E-state index in [9.17, 15) is 9.50 Å². The number of hydrogen-bond donors (Lipinski definition) is 1. The lowest BCUT2D eigenvalue weighted by Crippen LogP contribution is -2.44. The molecule has 1 fully saturated rings. The number of aliphatic hydroxyl groups excluding tert-OH is 1. The highest BCUT2D eigenvalue weighted by molar-refractivity contribution is 5.16. The molecule has 1 aromatic carbocycles.